The Bertz CT molecular complexity index is 348. The average Bonchev–Trinajstić information content (AvgIpc) is 2.05. The van der Waals surface area contributed by atoms with Gasteiger partial charge in [-0.05, 0) is 32.0 Å². The molecule has 0 aromatic heterocycles. The first kappa shape index (κ1) is 11.9. The number of hydrogen-bond acceptors (Lipinski definition) is 1. The molecule has 0 radical (unpaired) electrons. The molecule has 15 heavy (non-hydrogen) atoms. The highest BCUT2D eigenvalue weighted by Gasteiger charge is 2.30. The van der Waals surface area contributed by atoms with Crippen molar-refractivity contribution in [3.63, 3.8) is 0 Å². The predicted octanol–water partition coefficient (Wildman–Crippen LogP) is 2.67. The summed E-state index contributed by atoms with van der Waals surface area (Å²) in [5.41, 5.74) is -1.02. The summed E-state index contributed by atoms with van der Waals surface area (Å²) in [4.78, 5) is 0. The van der Waals surface area contributed by atoms with E-state index >= 15 is 0 Å². The SMILES string of the molecule is CC(C)Oc1ccc(F)cc1[B-](F)(F)F. The molecule has 0 aliphatic rings. The standard InChI is InChI=1S/C9H10BF4O/c1-6(2)15-9-4-3-7(11)5-8(9)10(12,13)14/h3-6H,1-2H3/q-1. The van der Waals surface area contributed by atoms with E-state index in [0.717, 1.165) is 12.1 Å². The van der Waals surface area contributed by atoms with Crippen LogP contribution in [0.5, 0.6) is 5.75 Å². The Labute approximate surface area is 85.1 Å². The van der Waals surface area contributed by atoms with E-state index in [9.17, 15) is 17.3 Å². The second-order valence-corrected chi connectivity index (χ2v) is 3.42. The van der Waals surface area contributed by atoms with E-state index in [1.165, 1.54) is 0 Å². The van der Waals surface area contributed by atoms with Crippen molar-refractivity contribution in [3.8, 4) is 5.75 Å². The zero-order valence-electron chi connectivity index (χ0n) is 8.31. The van der Waals surface area contributed by atoms with Crippen LogP contribution in [0, 0.1) is 5.82 Å². The van der Waals surface area contributed by atoms with Crippen molar-refractivity contribution < 1.29 is 22.1 Å². The fourth-order valence-electron chi connectivity index (χ4n) is 1.14. The van der Waals surface area contributed by atoms with Crippen LogP contribution < -0.4 is 10.2 Å². The van der Waals surface area contributed by atoms with Gasteiger partial charge in [0.15, 0.2) is 0 Å². The van der Waals surface area contributed by atoms with Crippen LogP contribution in [0.3, 0.4) is 0 Å². The lowest BCUT2D eigenvalue weighted by Crippen LogP contribution is -2.36. The lowest BCUT2D eigenvalue weighted by Gasteiger charge is -2.21. The maximum absolute atomic E-state index is 12.7. The number of hydrogen-bond donors (Lipinski definition) is 0. The van der Waals surface area contributed by atoms with Gasteiger partial charge in [0.05, 0.1) is 11.9 Å². The van der Waals surface area contributed by atoms with Crippen LogP contribution in [0.4, 0.5) is 17.3 Å². The molecular formula is C9H10BF4O-. The molecule has 0 bridgehead atoms. The van der Waals surface area contributed by atoms with Crippen LogP contribution in [0.25, 0.3) is 0 Å². The largest absolute Gasteiger partial charge is 0.513 e. The van der Waals surface area contributed by atoms with Gasteiger partial charge in [-0.1, -0.05) is 5.46 Å². The van der Waals surface area contributed by atoms with Gasteiger partial charge >= 0.3 is 6.98 Å². The van der Waals surface area contributed by atoms with Gasteiger partial charge in [0.2, 0.25) is 0 Å². The third kappa shape index (κ3) is 3.14. The molecule has 0 fully saturated rings. The molecule has 0 saturated heterocycles. The highest BCUT2D eigenvalue weighted by molar-refractivity contribution is 6.74. The summed E-state index contributed by atoms with van der Waals surface area (Å²) < 4.78 is 55.1. The zero-order valence-corrected chi connectivity index (χ0v) is 8.31. The van der Waals surface area contributed by atoms with Gasteiger partial charge in [-0.25, -0.2) is 4.39 Å². The molecule has 0 atom stereocenters. The van der Waals surface area contributed by atoms with Crippen molar-refractivity contribution in [2.75, 3.05) is 0 Å². The number of ether oxygens (including phenoxy) is 1. The van der Waals surface area contributed by atoms with Gasteiger partial charge in [-0.15, -0.1) is 0 Å². The van der Waals surface area contributed by atoms with E-state index in [2.05, 4.69) is 0 Å². The van der Waals surface area contributed by atoms with Gasteiger partial charge in [0, 0.05) is 0 Å². The Morgan fingerprint density at radius 2 is 1.80 bits per heavy atom. The molecule has 84 valence electrons. The fraction of sp³-hybridized carbons (Fsp3) is 0.333. The molecule has 0 aliphatic heterocycles. The normalized spacial score (nSPS) is 11.9. The minimum Gasteiger partial charge on any atom is -0.494 e. The Balaban J connectivity index is 3.15. The van der Waals surface area contributed by atoms with Gasteiger partial charge in [0.25, 0.3) is 0 Å². The summed E-state index contributed by atoms with van der Waals surface area (Å²) >= 11 is 0. The second kappa shape index (κ2) is 4.12. The summed E-state index contributed by atoms with van der Waals surface area (Å²) in [6.07, 6.45) is -0.382. The van der Waals surface area contributed by atoms with Gasteiger partial charge in [-0.3, -0.25) is 0 Å². The lowest BCUT2D eigenvalue weighted by molar-refractivity contribution is 0.243. The van der Waals surface area contributed by atoms with Crippen LogP contribution >= 0.6 is 0 Å². The molecule has 0 spiro atoms. The molecule has 1 aromatic rings. The van der Waals surface area contributed by atoms with E-state index in [-0.39, 0.29) is 11.9 Å². The minimum atomic E-state index is -5.25. The molecule has 0 amide bonds. The molecule has 0 aliphatic carbocycles. The topological polar surface area (TPSA) is 9.23 Å². The molecule has 1 rings (SSSR count). The average molecular weight is 221 g/mol. The quantitative estimate of drug-likeness (QED) is 0.563. The maximum Gasteiger partial charge on any atom is 0.513 e. The smallest absolute Gasteiger partial charge is 0.494 e. The third-order valence-corrected chi connectivity index (χ3v) is 1.69. The second-order valence-electron chi connectivity index (χ2n) is 3.42. The summed E-state index contributed by atoms with van der Waals surface area (Å²) in [6.45, 7) is -2.04. The van der Waals surface area contributed by atoms with E-state index in [4.69, 9.17) is 4.74 Å². The maximum atomic E-state index is 12.7. The van der Waals surface area contributed by atoms with Crippen LogP contribution in [0.15, 0.2) is 18.2 Å². The third-order valence-electron chi connectivity index (χ3n) is 1.69. The van der Waals surface area contributed by atoms with Crippen molar-refractivity contribution >= 4 is 12.4 Å². The van der Waals surface area contributed by atoms with E-state index in [1.54, 1.807) is 13.8 Å². The summed E-state index contributed by atoms with van der Waals surface area (Å²) in [7, 11) is 0. The fourth-order valence-corrected chi connectivity index (χ4v) is 1.14. The van der Waals surface area contributed by atoms with Gasteiger partial charge < -0.3 is 17.7 Å². The molecule has 1 nitrogen and oxygen atoms in total. The Kier molecular flexibility index (Phi) is 3.26. The van der Waals surface area contributed by atoms with Crippen molar-refractivity contribution in [1.82, 2.24) is 0 Å². The highest BCUT2D eigenvalue weighted by atomic mass is 19.4. The molecule has 0 saturated carbocycles. The van der Waals surface area contributed by atoms with Crippen LogP contribution in [-0.2, 0) is 0 Å². The lowest BCUT2D eigenvalue weighted by atomic mass is 9.79. The van der Waals surface area contributed by atoms with Crippen LogP contribution in [-0.4, -0.2) is 13.1 Å². The van der Waals surface area contributed by atoms with E-state index in [0.29, 0.717) is 6.07 Å². The first-order valence-electron chi connectivity index (χ1n) is 4.46. The summed E-state index contributed by atoms with van der Waals surface area (Å²) in [5, 5.41) is 0. The van der Waals surface area contributed by atoms with E-state index in [1.807, 2.05) is 0 Å². The molecule has 0 unspecified atom stereocenters. The Morgan fingerprint density at radius 3 is 2.27 bits per heavy atom. The van der Waals surface area contributed by atoms with Gasteiger partial charge in [-0.2, -0.15) is 0 Å². The van der Waals surface area contributed by atoms with Crippen molar-refractivity contribution in [1.29, 1.82) is 0 Å². The van der Waals surface area contributed by atoms with Gasteiger partial charge in [0.1, 0.15) is 5.82 Å². The first-order chi connectivity index (χ1) is 6.80. The number of benzene rings is 1. The molecule has 0 heterocycles. The Hall–Kier alpha value is -1.20. The zero-order chi connectivity index (χ0) is 11.6. The highest BCUT2D eigenvalue weighted by Crippen LogP contribution is 2.19. The summed E-state index contributed by atoms with van der Waals surface area (Å²) in [6, 6.07) is 2.40. The molecule has 0 N–H and O–H groups in total. The minimum absolute atomic E-state index is 0.320. The Morgan fingerprint density at radius 1 is 1.20 bits per heavy atom. The van der Waals surface area contributed by atoms with Crippen molar-refractivity contribution in [2.24, 2.45) is 0 Å². The van der Waals surface area contributed by atoms with Crippen LogP contribution in [0.2, 0.25) is 0 Å². The number of rotatable bonds is 3. The van der Waals surface area contributed by atoms with E-state index < -0.39 is 18.3 Å². The molecule has 1 aromatic carbocycles. The summed E-state index contributed by atoms with van der Waals surface area (Å²) in [5.74, 6) is -1.24. The monoisotopic (exact) mass is 221 g/mol. The molecular weight excluding hydrogens is 211 g/mol. The van der Waals surface area contributed by atoms with Crippen molar-refractivity contribution in [2.45, 2.75) is 20.0 Å². The first-order valence-corrected chi connectivity index (χ1v) is 4.46. The van der Waals surface area contributed by atoms with Crippen LogP contribution in [0.1, 0.15) is 13.8 Å². The number of halogens is 4. The molecule has 6 heteroatoms. The van der Waals surface area contributed by atoms with Crippen molar-refractivity contribution in [3.05, 3.63) is 24.0 Å². The predicted molar refractivity (Wildman–Crippen MR) is 50.9 cm³/mol.